The molecule has 0 aliphatic heterocycles. The van der Waals surface area contributed by atoms with Gasteiger partial charge in [0.1, 0.15) is 24.6 Å². The fourth-order valence-corrected chi connectivity index (χ4v) is 4.04. The molecule has 0 radical (unpaired) electrons. The molecule has 7 heteroatoms. The summed E-state index contributed by atoms with van der Waals surface area (Å²) in [6, 6.07) is 21.0. The highest BCUT2D eigenvalue weighted by Crippen LogP contribution is 2.44. The number of hydrogen-bond donors (Lipinski definition) is 3. The van der Waals surface area contributed by atoms with Crippen LogP contribution in [0.3, 0.4) is 0 Å². The van der Waals surface area contributed by atoms with Crippen molar-refractivity contribution in [1.82, 2.24) is 5.32 Å². The molecule has 1 amide bonds. The SMILES string of the molecule is N#Cc1ccc(F)cc1C(O)C(O)CNC(=O)OCC1c2ccccc2-c2ccccc21. The van der Waals surface area contributed by atoms with E-state index in [9.17, 15) is 19.4 Å². The van der Waals surface area contributed by atoms with E-state index in [2.05, 4.69) is 5.32 Å². The Hall–Kier alpha value is -3.73. The van der Waals surface area contributed by atoms with Crippen LogP contribution in [0.5, 0.6) is 0 Å². The molecule has 2 atom stereocenters. The minimum Gasteiger partial charge on any atom is -0.449 e. The number of benzene rings is 3. The van der Waals surface area contributed by atoms with Crippen molar-refractivity contribution in [2.75, 3.05) is 13.2 Å². The van der Waals surface area contributed by atoms with E-state index in [0.717, 1.165) is 34.4 Å². The number of aliphatic hydroxyl groups is 2. The average Bonchev–Trinajstić information content (AvgIpc) is 3.14. The molecule has 0 bridgehead atoms. The van der Waals surface area contributed by atoms with E-state index in [1.165, 1.54) is 6.07 Å². The van der Waals surface area contributed by atoms with Crippen LogP contribution in [-0.4, -0.2) is 35.6 Å². The molecule has 32 heavy (non-hydrogen) atoms. The van der Waals surface area contributed by atoms with Crippen LogP contribution in [0.2, 0.25) is 0 Å². The summed E-state index contributed by atoms with van der Waals surface area (Å²) in [4.78, 5) is 12.2. The Bertz CT molecular complexity index is 1150. The fourth-order valence-electron chi connectivity index (χ4n) is 4.04. The molecule has 3 N–H and O–H groups in total. The molecule has 3 aromatic carbocycles. The standard InChI is InChI=1S/C25H21FN2O4/c26-16-10-9-15(12-27)21(11-16)24(30)23(29)13-28-25(31)32-14-22-19-7-3-1-5-17(19)18-6-2-4-8-20(18)22/h1-11,22-24,29-30H,13-14H2,(H,28,31). The number of carbonyl (C=O) groups is 1. The van der Waals surface area contributed by atoms with Crippen LogP contribution in [0.4, 0.5) is 9.18 Å². The average molecular weight is 432 g/mol. The van der Waals surface area contributed by atoms with Gasteiger partial charge in [-0.2, -0.15) is 5.26 Å². The molecule has 2 unspecified atom stereocenters. The van der Waals surface area contributed by atoms with Gasteiger partial charge >= 0.3 is 6.09 Å². The molecule has 1 aliphatic carbocycles. The van der Waals surface area contributed by atoms with Gasteiger partial charge in [0.15, 0.2) is 0 Å². The third kappa shape index (κ3) is 4.19. The normalized spacial score (nSPS) is 14.1. The van der Waals surface area contributed by atoms with Gasteiger partial charge in [0.05, 0.1) is 11.6 Å². The van der Waals surface area contributed by atoms with Crippen molar-refractivity contribution in [3.63, 3.8) is 0 Å². The molecule has 3 aromatic rings. The highest BCUT2D eigenvalue weighted by molar-refractivity contribution is 5.79. The van der Waals surface area contributed by atoms with E-state index >= 15 is 0 Å². The number of aliphatic hydroxyl groups excluding tert-OH is 2. The van der Waals surface area contributed by atoms with Crippen molar-refractivity contribution < 1.29 is 24.1 Å². The van der Waals surface area contributed by atoms with E-state index in [1.54, 1.807) is 0 Å². The van der Waals surface area contributed by atoms with Crippen molar-refractivity contribution in [3.8, 4) is 17.2 Å². The predicted octanol–water partition coefficient (Wildman–Crippen LogP) is 3.63. The molecule has 162 valence electrons. The van der Waals surface area contributed by atoms with Crippen LogP contribution >= 0.6 is 0 Å². The van der Waals surface area contributed by atoms with Gasteiger partial charge in [0.2, 0.25) is 0 Å². The van der Waals surface area contributed by atoms with Crippen LogP contribution in [0.25, 0.3) is 11.1 Å². The number of nitrogens with zero attached hydrogens (tertiary/aromatic N) is 1. The first-order valence-electron chi connectivity index (χ1n) is 10.1. The lowest BCUT2D eigenvalue weighted by molar-refractivity contribution is 0.0182. The number of nitrogens with one attached hydrogen (secondary N) is 1. The van der Waals surface area contributed by atoms with Gasteiger partial charge in [0.25, 0.3) is 0 Å². The second-order valence-electron chi connectivity index (χ2n) is 7.56. The number of fused-ring (bicyclic) bond motifs is 3. The van der Waals surface area contributed by atoms with E-state index in [-0.39, 0.29) is 30.2 Å². The van der Waals surface area contributed by atoms with Crippen molar-refractivity contribution in [1.29, 1.82) is 5.26 Å². The van der Waals surface area contributed by atoms with Crippen LogP contribution in [-0.2, 0) is 4.74 Å². The minimum atomic E-state index is -1.55. The van der Waals surface area contributed by atoms with Crippen LogP contribution < -0.4 is 5.32 Å². The van der Waals surface area contributed by atoms with Gasteiger partial charge in [-0.3, -0.25) is 0 Å². The van der Waals surface area contributed by atoms with Gasteiger partial charge in [-0.25, -0.2) is 9.18 Å². The van der Waals surface area contributed by atoms with Gasteiger partial charge in [-0.05, 0) is 40.5 Å². The lowest BCUT2D eigenvalue weighted by Crippen LogP contribution is -2.36. The monoisotopic (exact) mass is 432 g/mol. The molecule has 0 saturated carbocycles. The second-order valence-corrected chi connectivity index (χ2v) is 7.56. The third-order valence-corrected chi connectivity index (χ3v) is 5.62. The maximum absolute atomic E-state index is 13.5. The summed E-state index contributed by atoms with van der Waals surface area (Å²) in [5, 5.41) is 32.0. The maximum Gasteiger partial charge on any atom is 0.407 e. The third-order valence-electron chi connectivity index (χ3n) is 5.62. The quantitative estimate of drug-likeness (QED) is 0.552. The minimum absolute atomic E-state index is 0.0408. The molecule has 1 aliphatic rings. The van der Waals surface area contributed by atoms with Gasteiger partial charge in [0, 0.05) is 18.0 Å². The Balaban J connectivity index is 1.36. The zero-order valence-electron chi connectivity index (χ0n) is 17.0. The number of amides is 1. The van der Waals surface area contributed by atoms with Gasteiger partial charge < -0.3 is 20.3 Å². The number of ether oxygens (including phenoxy) is 1. The van der Waals surface area contributed by atoms with E-state index in [1.807, 2.05) is 54.6 Å². The van der Waals surface area contributed by atoms with Crippen LogP contribution in [0.1, 0.15) is 34.3 Å². The summed E-state index contributed by atoms with van der Waals surface area (Å²) in [6.45, 7) is -0.222. The summed E-state index contributed by atoms with van der Waals surface area (Å²) < 4.78 is 18.9. The smallest absolute Gasteiger partial charge is 0.407 e. The fraction of sp³-hybridized carbons (Fsp3) is 0.200. The lowest BCUT2D eigenvalue weighted by atomic mass is 9.98. The van der Waals surface area contributed by atoms with Gasteiger partial charge in [-0.1, -0.05) is 48.5 Å². The summed E-state index contributed by atoms with van der Waals surface area (Å²) in [7, 11) is 0. The van der Waals surface area contributed by atoms with Crippen LogP contribution in [0, 0.1) is 17.1 Å². The molecule has 0 aromatic heterocycles. The number of halogens is 1. The molecule has 0 spiro atoms. The van der Waals surface area contributed by atoms with Crippen molar-refractivity contribution in [2.24, 2.45) is 0 Å². The van der Waals surface area contributed by atoms with Crippen molar-refractivity contribution in [2.45, 2.75) is 18.1 Å². The Kier molecular flexibility index (Phi) is 6.17. The molecular formula is C25H21FN2O4. The number of rotatable bonds is 6. The number of alkyl carbamates (subject to hydrolysis) is 1. The van der Waals surface area contributed by atoms with Crippen LogP contribution in [0.15, 0.2) is 66.7 Å². The topological polar surface area (TPSA) is 103 Å². The molecule has 0 saturated heterocycles. The molecular weight excluding hydrogens is 411 g/mol. The van der Waals surface area contributed by atoms with Crippen molar-refractivity contribution in [3.05, 3.63) is 94.8 Å². The first kappa shape index (κ1) is 21.5. The first-order chi connectivity index (χ1) is 15.5. The molecule has 0 heterocycles. The Labute approximate surface area is 184 Å². The summed E-state index contributed by atoms with van der Waals surface area (Å²) in [5.41, 5.74) is 4.37. The zero-order valence-corrected chi connectivity index (χ0v) is 17.0. The van der Waals surface area contributed by atoms with Crippen molar-refractivity contribution >= 4 is 6.09 Å². The molecule has 0 fully saturated rings. The summed E-state index contributed by atoms with van der Waals surface area (Å²) >= 11 is 0. The summed E-state index contributed by atoms with van der Waals surface area (Å²) in [5.74, 6) is -0.746. The maximum atomic E-state index is 13.5. The Morgan fingerprint density at radius 1 is 1.06 bits per heavy atom. The highest BCUT2D eigenvalue weighted by atomic mass is 19.1. The molecule has 6 nitrogen and oxygen atoms in total. The van der Waals surface area contributed by atoms with E-state index < -0.39 is 24.1 Å². The van der Waals surface area contributed by atoms with E-state index in [0.29, 0.717) is 0 Å². The molecule has 4 rings (SSSR count). The Morgan fingerprint density at radius 3 is 2.31 bits per heavy atom. The second kappa shape index (κ2) is 9.18. The summed E-state index contributed by atoms with van der Waals surface area (Å²) in [6.07, 6.45) is -3.75. The number of hydrogen-bond acceptors (Lipinski definition) is 5. The first-order valence-corrected chi connectivity index (χ1v) is 10.1. The predicted molar refractivity (Wildman–Crippen MR) is 115 cm³/mol. The number of carbonyl (C=O) groups excluding carboxylic acids is 1. The number of nitriles is 1. The lowest BCUT2D eigenvalue weighted by Gasteiger charge is -2.20. The van der Waals surface area contributed by atoms with E-state index in [4.69, 9.17) is 10.00 Å². The largest absolute Gasteiger partial charge is 0.449 e. The Morgan fingerprint density at radius 2 is 1.69 bits per heavy atom. The highest BCUT2D eigenvalue weighted by Gasteiger charge is 2.29. The zero-order chi connectivity index (χ0) is 22.7. The van der Waals surface area contributed by atoms with Gasteiger partial charge in [-0.15, -0.1) is 0 Å².